The number of hydrogen-bond donors (Lipinski definition) is 1. The number of hydrogen-bond acceptors (Lipinski definition) is 3. The largest absolute Gasteiger partial charge is 0.327 e. The van der Waals surface area contributed by atoms with Crippen LogP contribution in [-0.2, 0) is 6.54 Å². The second kappa shape index (κ2) is 6.42. The third-order valence-corrected chi connectivity index (χ3v) is 5.14. The molecule has 4 heteroatoms. The number of nitrogens with zero attached hydrogens (tertiary/aromatic N) is 2. The molecule has 1 saturated heterocycles. The Morgan fingerprint density at radius 2 is 2.24 bits per heavy atom. The summed E-state index contributed by atoms with van der Waals surface area (Å²) in [6.07, 6.45) is 5.64. The summed E-state index contributed by atoms with van der Waals surface area (Å²) in [5, 5.41) is 1.18. The molecular weight excluding hydrogens is 326 g/mol. The molecule has 0 radical (unpaired) electrons. The average Bonchev–Trinajstić information content (AvgIpc) is 2.51. The van der Waals surface area contributed by atoms with Crippen molar-refractivity contribution in [1.29, 1.82) is 0 Å². The van der Waals surface area contributed by atoms with Crippen LogP contribution in [0.15, 0.2) is 34.9 Å². The lowest BCUT2D eigenvalue weighted by atomic mass is 9.96. The first kappa shape index (κ1) is 14.9. The van der Waals surface area contributed by atoms with Gasteiger partial charge in [0.1, 0.15) is 0 Å². The summed E-state index contributed by atoms with van der Waals surface area (Å²) in [6, 6.07) is 9.13. The summed E-state index contributed by atoms with van der Waals surface area (Å²) in [4.78, 5) is 7.12. The first-order valence-corrected chi connectivity index (χ1v) is 8.48. The van der Waals surface area contributed by atoms with Gasteiger partial charge in [0.2, 0.25) is 0 Å². The van der Waals surface area contributed by atoms with Crippen molar-refractivity contribution < 1.29 is 0 Å². The fourth-order valence-corrected chi connectivity index (χ4v) is 3.80. The van der Waals surface area contributed by atoms with Crippen molar-refractivity contribution in [2.75, 3.05) is 6.54 Å². The second-order valence-corrected chi connectivity index (χ2v) is 6.85. The Bertz CT molecular complexity index is 626. The van der Waals surface area contributed by atoms with E-state index in [9.17, 15) is 0 Å². The van der Waals surface area contributed by atoms with Crippen LogP contribution < -0.4 is 5.73 Å². The number of aromatic nitrogens is 1. The lowest BCUT2D eigenvalue weighted by Crippen LogP contribution is -2.48. The van der Waals surface area contributed by atoms with Crippen molar-refractivity contribution in [1.82, 2.24) is 9.88 Å². The number of nitrogens with two attached hydrogens (primary N) is 1. The molecule has 21 heavy (non-hydrogen) atoms. The molecule has 3 rings (SSSR count). The van der Waals surface area contributed by atoms with Crippen LogP contribution in [-0.4, -0.2) is 28.5 Å². The van der Waals surface area contributed by atoms with E-state index in [1.165, 1.54) is 30.2 Å². The maximum absolute atomic E-state index is 6.18. The topological polar surface area (TPSA) is 42.1 Å². The molecule has 2 heterocycles. The first-order chi connectivity index (χ1) is 10.2. The van der Waals surface area contributed by atoms with Crippen LogP contribution in [0.5, 0.6) is 0 Å². The average molecular weight is 348 g/mol. The highest BCUT2D eigenvalue weighted by molar-refractivity contribution is 9.10. The van der Waals surface area contributed by atoms with Crippen LogP contribution in [0.3, 0.4) is 0 Å². The van der Waals surface area contributed by atoms with Crippen LogP contribution in [0.1, 0.15) is 31.7 Å². The fourth-order valence-electron chi connectivity index (χ4n) is 3.35. The monoisotopic (exact) mass is 347 g/mol. The van der Waals surface area contributed by atoms with Gasteiger partial charge in [0, 0.05) is 34.7 Å². The van der Waals surface area contributed by atoms with Crippen molar-refractivity contribution >= 4 is 26.8 Å². The van der Waals surface area contributed by atoms with Gasteiger partial charge in [-0.1, -0.05) is 34.5 Å². The molecule has 1 aliphatic rings. The van der Waals surface area contributed by atoms with Crippen molar-refractivity contribution in [3.8, 4) is 0 Å². The predicted molar refractivity (Wildman–Crippen MR) is 91.1 cm³/mol. The zero-order chi connectivity index (χ0) is 14.8. The summed E-state index contributed by atoms with van der Waals surface area (Å²) < 4.78 is 1.11. The number of piperidine rings is 1. The molecular formula is C17H22BrN3. The third-order valence-electron chi connectivity index (χ3n) is 4.44. The molecule has 1 fully saturated rings. The van der Waals surface area contributed by atoms with E-state index in [0.29, 0.717) is 6.04 Å². The van der Waals surface area contributed by atoms with Crippen molar-refractivity contribution in [2.24, 2.45) is 5.73 Å². The van der Waals surface area contributed by atoms with E-state index in [4.69, 9.17) is 5.73 Å². The number of rotatable bonds is 3. The minimum absolute atomic E-state index is 0.222. The molecule has 3 nitrogen and oxygen atoms in total. The summed E-state index contributed by atoms with van der Waals surface area (Å²) in [5.74, 6) is 0. The van der Waals surface area contributed by atoms with E-state index in [2.05, 4.69) is 50.9 Å². The summed E-state index contributed by atoms with van der Waals surface area (Å²) in [6.45, 7) is 4.20. The second-order valence-electron chi connectivity index (χ2n) is 6.00. The van der Waals surface area contributed by atoms with E-state index < -0.39 is 0 Å². The van der Waals surface area contributed by atoms with Crippen LogP contribution in [0, 0.1) is 0 Å². The highest BCUT2D eigenvalue weighted by Gasteiger charge is 2.25. The Labute approximate surface area is 134 Å². The van der Waals surface area contributed by atoms with E-state index in [1.54, 1.807) is 0 Å². The number of benzene rings is 1. The molecule has 0 aliphatic carbocycles. The molecule has 2 aromatic rings. The minimum Gasteiger partial charge on any atom is -0.327 e. The van der Waals surface area contributed by atoms with Crippen LogP contribution in [0.4, 0.5) is 0 Å². The molecule has 1 aliphatic heterocycles. The SMILES string of the molecule is CC(N)C1CCCCN1Cc1ccc(Br)c2cccnc12. The van der Waals surface area contributed by atoms with E-state index >= 15 is 0 Å². The summed E-state index contributed by atoms with van der Waals surface area (Å²) >= 11 is 3.62. The van der Waals surface area contributed by atoms with Gasteiger partial charge >= 0.3 is 0 Å². The van der Waals surface area contributed by atoms with Gasteiger partial charge in [-0.15, -0.1) is 0 Å². The fraction of sp³-hybridized carbons (Fsp3) is 0.471. The standard InChI is InChI=1S/C17H22BrN3/c1-12(19)16-6-2-3-10-21(16)11-13-7-8-15(18)14-5-4-9-20-17(13)14/h4-5,7-9,12,16H,2-3,6,10-11,19H2,1H3. The number of likely N-dealkylation sites (tertiary alicyclic amines) is 1. The predicted octanol–water partition coefficient (Wildman–Crippen LogP) is 3.70. The normalized spacial score (nSPS) is 21.6. The van der Waals surface area contributed by atoms with E-state index in [1.807, 2.05) is 12.3 Å². The molecule has 1 aromatic heterocycles. The number of pyridine rings is 1. The maximum atomic E-state index is 6.18. The summed E-state index contributed by atoms with van der Waals surface area (Å²) in [7, 11) is 0. The molecule has 112 valence electrons. The molecule has 2 N–H and O–H groups in total. The van der Waals surface area contributed by atoms with E-state index in [-0.39, 0.29) is 6.04 Å². The minimum atomic E-state index is 0.222. The zero-order valence-electron chi connectivity index (χ0n) is 12.4. The van der Waals surface area contributed by atoms with Crippen molar-refractivity contribution in [2.45, 2.75) is 44.8 Å². The molecule has 0 saturated carbocycles. The Morgan fingerprint density at radius 3 is 3.05 bits per heavy atom. The van der Waals surface area contributed by atoms with Gasteiger partial charge in [-0.25, -0.2) is 0 Å². The lowest BCUT2D eigenvalue weighted by Gasteiger charge is -2.38. The highest BCUT2D eigenvalue weighted by atomic mass is 79.9. The third kappa shape index (κ3) is 3.12. The van der Waals surface area contributed by atoms with Gasteiger partial charge in [-0.05, 0) is 44.0 Å². The maximum Gasteiger partial charge on any atom is 0.0758 e. The molecule has 0 bridgehead atoms. The molecule has 0 amide bonds. The Balaban J connectivity index is 1.92. The Hall–Kier alpha value is -0.970. The molecule has 2 atom stereocenters. The number of halogens is 1. The lowest BCUT2D eigenvalue weighted by molar-refractivity contribution is 0.123. The quantitative estimate of drug-likeness (QED) is 0.920. The Kier molecular flexibility index (Phi) is 4.57. The molecule has 1 aromatic carbocycles. The zero-order valence-corrected chi connectivity index (χ0v) is 14.0. The van der Waals surface area contributed by atoms with Gasteiger partial charge in [-0.2, -0.15) is 0 Å². The van der Waals surface area contributed by atoms with Crippen LogP contribution >= 0.6 is 15.9 Å². The molecule has 0 spiro atoms. The Morgan fingerprint density at radius 1 is 1.38 bits per heavy atom. The van der Waals surface area contributed by atoms with Gasteiger partial charge in [0.25, 0.3) is 0 Å². The van der Waals surface area contributed by atoms with Gasteiger partial charge in [0.15, 0.2) is 0 Å². The summed E-state index contributed by atoms with van der Waals surface area (Å²) in [5.41, 5.74) is 8.57. The van der Waals surface area contributed by atoms with Gasteiger partial charge in [-0.3, -0.25) is 9.88 Å². The van der Waals surface area contributed by atoms with Crippen LogP contribution in [0.2, 0.25) is 0 Å². The smallest absolute Gasteiger partial charge is 0.0758 e. The van der Waals surface area contributed by atoms with Crippen LogP contribution in [0.25, 0.3) is 10.9 Å². The van der Waals surface area contributed by atoms with Crippen molar-refractivity contribution in [3.63, 3.8) is 0 Å². The molecule has 2 unspecified atom stereocenters. The van der Waals surface area contributed by atoms with Gasteiger partial charge in [0.05, 0.1) is 5.52 Å². The number of fused-ring (bicyclic) bond motifs is 1. The first-order valence-electron chi connectivity index (χ1n) is 7.68. The van der Waals surface area contributed by atoms with Gasteiger partial charge < -0.3 is 5.73 Å². The van der Waals surface area contributed by atoms with Crippen molar-refractivity contribution in [3.05, 3.63) is 40.5 Å². The van der Waals surface area contributed by atoms with E-state index in [0.717, 1.165) is 23.1 Å². The highest BCUT2D eigenvalue weighted by Crippen LogP contribution is 2.28.